The Hall–Kier alpha value is -3.17. The fourth-order valence-electron chi connectivity index (χ4n) is 2.10. The predicted molar refractivity (Wildman–Crippen MR) is 85.5 cm³/mol. The van der Waals surface area contributed by atoms with Gasteiger partial charge >= 0.3 is 0 Å². The van der Waals surface area contributed by atoms with E-state index in [0.29, 0.717) is 11.3 Å². The summed E-state index contributed by atoms with van der Waals surface area (Å²) in [6.45, 7) is 0. The van der Waals surface area contributed by atoms with Gasteiger partial charge in [-0.3, -0.25) is 0 Å². The summed E-state index contributed by atoms with van der Waals surface area (Å²) in [5.74, 6) is -1.50. The predicted octanol–water partition coefficient (Wildman–Crippen LogP) is 2.26. The number of carbonyl (C=O) groups is 1. The van der Waals surface area contributed by atoms with Gasteiger partial charge in [-0.1, -0.05) is 24.3 Å². The average molecular weight is 320 g/mol. The Bertz CT molecular complexity index is 903. The molecule has 3 rings (SSSR count). The van der Waals surface area contributed by atoms with E-state index in [1.54, 1.807) is 16.9 Å². The summed E-state index contributed by atoms with van der Waals surface area (Å²) in [6, 6.07) is 14.9. The maximum atomic E-state index is 11.0. The van der Waals surface area contributed by atoms with E-state index in [1.807, 2.05) is 47.8 Å². The number of aliphatic carboxylic acids is 1. The first-order valence-electron chi connectivity index (χ1n) is 6.71. The van der Waals surface area contributed by atoms with E-state index in [4.69, 9.17) is 5.26 Å². The fourth-order valence-corrected chi connectivity index (χ4v) is 2.83. The molecule has 112 valence electrons. The number of carboxylic acid groups (broad SMARTS) is 1. The number of aromatic nitrogens is 2. The number of hydrogen-bond acceptors (Lipinski definition) is 5. The summed E-state index contributed by atoms with van der Waals surface area (Å²) < 4.78 is 1.66. The Balaban J connectivity index is 2.16. The highest BCUT2D eigenvalue weighted by molar-refractivity contribution is 7.13. The SMILES string of the molecule is N#C/C(=C\c1cn(-c2ccccc2)nc1-c1cccs1)C(=O)[O-]. The zero-order valence-corrected chi connectivity index (χ0v) is 12.7. The first-order chi connectivity index (χ1) is 11.2. The fraction of sp³-hybridized carbons (Fsp3) is 0. The Morgan fingerprint density at radius 1 is 1.26 bits per heavy atom. The molecule has 0 spiro atoms. The smallest absolute Gasteiger partial charge is 0.110 e. The van der Waals surface area contributed by atoms with Crippen LogP contribution in [-0.2, 0) is 4.79 Å². The molecule has 0 bridgehead atoms. The van der Waals surface area contributed by atoms with Crippen LogP contribution >= 0.6 is 11.3 Å². The van der Waals surface area contributed by atoms with Crippen molar-refractivity contribution in [2.75, 3.05) is 0 Å². The van der Waals surface area contributed by atoms with Gasteiger partial charge in [0.25, 0.3) is 0 Å². The molecule has 0 aliphatic heterocycles. The minimum absolute atomic E-state index is 0.435. The van der Waals surface area contributed by atoms with Crippen LogP contribution in [0.4, 0.5) is 0 Å². The van der Waals surface area contributed by atoms with Crippen LogP contribution in [0.5, 0.6) is 0 Å². The van der Waals surface area contributed by atoms with E-state index in [-0.39, 0.29) is 0 Å². The number of carboxylic acids is 1. The number of benzene rings is 1. The highest BCUT2D eigenvalue weighted by atomic mass is 32.1. The van der Waals surface area contributed by atoms with E-state index < -0.39 is 11.5 Å². The lowest BCUT2D eigenvalue weighted by Gasteiger charge is -1.99. The lowest BCUT2D eigenvalue weighted by atomic mass is 10.1. The van der Waals surface area contributed by atoms with E-state index in [9.17, 15) is 9.90 Å². The summed E-state index contributed by atoms with van der Waals surface area (Å²) in [5.41, 5.74) is 1.59. The molecule has 1 aromatic carbocycles. The van der Waals surface area contributed by atoms with Gasteiger partial charge in [0.15, 0.2) is 0 Å². The van der Waals surface area contributed by atoms with Gasteiger partial charge in [-0.2, -0.15) is 10.4 Å². The molecule has 23 heavy (non-hydrogen) atoms. The standard InChI is InChI=1S/C17H11N3O2S/c18-10-12(17(21)22)9-13-11-20(14-5-2-1-3-6-14)19-16(13)15-7-4-8-23-15/h1-9,11H,(H,21,22)/p-1/b12-9+. The van der Waals surface area contributed by atoms with Gasteiger partial charge in [0.05, 0.1) is 22.1 Å². The summed E-state index contributed by atoms with van der Waals surface area (Å²) in [4.78, 5) is 11.9. The molecule has 3 aromatic rings. The van der Waals surface area contributed by atoms with Crippen molar-refractivity contribution >= 4 is 23.4 Å². The Morgan fingerprint density at radius 3 is 2.65 bits per heavy atom. The Morgan fingerprint density at radius 2 is 2.04 bits per heavy atom. The van der Waals surface area contributed by atoms with Gasteiger partial charge in [0.2, 0.25) is 0 Å². The molecule has 0 amide bonds. The second-order valence-corrected chi connectivity index (χ2v) is 5.60. The van der Waals surface area contributed by atoms with Crippen molar-refractivity contribution in [1.82, 2.24) is 9.78 Å². The third-order valence-corrected chi connectivity index (χ3v) is 4.03. The zero-order valence-electron chi connectivity index (χ0n) is 11.8. The zero-order chi connectivity index (χ0) is 16.2. The maximum Gasteiger partial charge on any atom is 0.110 e. The van der Waals surface area contributed by atoms with Crippen LogP contribution in [0.25, 0.3) is 22.3 Å². The largest absolute Gasteiger partial charge is 0.544 e. The second-order valence-electron chi connectivity index (χ2n) is 4.65. The van der Waals surface area contributed by atoms with Crippen molar-refractivity contribution in [3.8, 4) is 22.3 Å². The molecular formula is C17H10N3O2S-. The minimum atomic E-state index is -1.50. The van der Waals surface area contributed by atoms with Crippen molar-refractivity contribution in [3.05, 3.63) is 65.2 Å². The summed E-state index contributed by atoms with van der Waals surface area (Å²) in [7, 11) is 0. The maximum absolute atomic E-state index is 11.0. The molecule has 0 aliphatic carbocycles. The molecule has 0 N–H and O–H groups in total. The topological polar surface area (TPSA) is 81.7 Å². The van der Waals surface area contributed by atoms with E-state index in [0.717, 1.165) is 10.6 Å². The van der Waals surface area contributed by atoms with Gasteiger partial charge < -0.3 is 9.90 Å². The van der Waals surface area contributed by atoms with E-state index in [2.05, 4.69) is 5.10 Å². The monoisotopic (exact) mass is 320 g/mol. The summed E-state index contributed by atoms with van der Waals surface area (Å²) >= 11 is 1.49. The average Bonchev–Trinajstić information content (AvgIpc) is 3.22. The van der Waals surface area contributed by atoms with Gasteiger partial charge in [0, 0.05) is 11.8 Å². The number of hydrogen-bond donors (Lipinski definition) is 0. The van der Waals surface area contributed by atoms with Gasteiger partial charge in [-0.15, -0.1) is 11.3 Å². The van der Waals surface area contributed by atoms with Crippen molar-refractivity contribution in [2.45, 2.75) is 0 Å². The first kappa shape index (κ1) is 14.8. The minimum Gasteiger partial charge on any atom is -0.544 e. The van der Waals surface area contributed by atoms with Crippen molar-refractivity contribution in [2.24, 2.45) is 0 Å². The molecule has 0 saturated heterocycles. The molecular weight excluding hydrogens is 310 g/mol. The lowest BCUT2D eigenvalue weighted by molar-refractivity contribution is -0.298. The number of carbonyl (C=O) groups excluding carboxylic acids is 1. The Kier molecular flexibility index (Phi) is 4.04. The number of thiophene rings is 1. The van der Waals surface area contributed by atoms with Crippen LogP contribution < -0.4 is 5.11 Å². The highest BCUT2D eigenvalue weighted by Gasteiger charge is 2.12. The molecule has 6 heteroatoms. The van der Waals surface area contributed by atoms with Crippen molar-refractivity contribution < 1.29 is 9.90 Å². The van der Waals surface area contributed by atoms with Gasteiger partial charge in [-0.25, -0.2) is 4.68 Å². The van der Waals surface area contributed by atoms with E-state index >= 15 is 0 Å². The number of nitrogens with zero attached hydrogens (tertiary/aromatic N) is 3. The van der Waals surface area contributed by atoms with Crippen LogP contribution in [-0.4, -0.2) is 15.7 Å². The van der Waals surface area contributed by atoms with E-state index in [1.165, 1.54) is 17.4 Å². The molecule has 2 aromatic heterocycles. The van der Waals surface area contributed by atoms with Crippen LogP contribution in [0, 0.1) is 11.3 Å². The molecule has 0 aliphatic rings. The normalized spacial score (nSPS) is 11.2. The molecule has 2 heterocycles. The molecule has 0 unspecified atom stereocenters. The van der Waals surface area contributed by atoms with Crippen molar-refractivity contribution in [3.63, 3.8) is 0 Å². The first-order valence-corrected chi connectivity index (χ1v) is 7.59. The molecule has 0 saturated carbocycles. The summed E-state index contributed by atoms with van der Waals surface area (Å²) in [6.07, 6.45) is 2.99. The highest BCUT2D eigenvalue weighted by Crippen LogP contribution is 2.29. The number of nitriles is 1. The van der Waals surface area contributed by atoms with Gasteiger partial charge in [-0.05, 0) is 29.7 Å². The summed E-state index contributed by atoms with van der Waals surface area (Å²) in [5, 5.41) is 26.4. The van der Waals surface area contributed by atoms with Crippen LogP contribution in [0.1, 0.15) is 5.56 Å². The van der Waals surface area contributed by atoms with Crippen molar-refractivity contribution in [1.29, 1.82) is 5.26 Å². The number of rotatable bonds is 4. The lowest BCUT2D eigenvalue weighted by Crippen LogP contribution is -2.23. The molecule has 0 fully saturated rings. The third kappa shape index (κ3) is 3.05. The Labute approximate surface area is 136 Å². The third-order valence-electron chi connectivity index (χ3n) is 3.16. The second kappa shape index (κ2) is 6.30. The van der Waals surface area contributed by atoms with Crippen LogP contribution in [0.15, 0.2) is 59.6 Å². The number of para-hydroxylation sites is 1. The quantitative estimate of drug-likeness (QED) is 0.545. The van der Waals surface area contributed by atoms with Crippen LogP contribution in [0.2, 0.25) is 0 Å². The van der Waals surface area contributed by atoms with Crippen LogP contribution in [0.3, 0.4) is 0 Å². The molecule has 0 atom stereocenters. The molecule has 0 radical (unpaired) electrons. The van der Waals surface area contributed by atoms with Gasteiger partial charge in [0.1, 0.15) is 11.8 Å². The molecule has 5 nitrogen and oxygen atoms in total.